The standard InChI is InChI=1S/C24H17NO4/c1-15-21(23(27)20-10-6-5-9-19(20)22(15)26)13-17-12-11-16(14-25-17)24(28)29-18-7-3-2-4-8-18/h2-12,14H,13H2,1H3. The van der Waals surface area contributed by atoms with E-state index in [2.05, 4.69) is 4.98 Å². The highest BCUT2D eigenvalue weighted by Crippen LogP contribution is 2.28. The Morgan fingerprint density at radius 1 is 0.862 bits per heavy atom. The molecule has 1 aromatic heterocycles. The van der Waals surface area contributed by atoms with Gasteiger partial charge in [-0.25, -0.2) is 4.79 Å². The number of nitrogens with zero attached hydrogens (tertiary/aromatic N) is 1. The number of fused-ring (bicyclic) bond motifs is 1. The van der Waals surface area contributed by atoms with Crippen molar-refractivity contribution in [2.75, 3.05) is 0 Å². The van der Waals surface area contributed by atoms with E-state index in [1.165, 1.54) is 6.20 Å². The molecule has 1 aliphatic carbocycles. The summed E-state index contributed by atoms with van der Waals surface area (Å²) in [4.78, 5) is 41.9. The van der Waals surface area contributed by atoms with Gasteiger partial charge in [0.2, 0.25) is 0 Å². The topological polar surface area (TPSA) is 73.3 Å². The Bertz CT molecular complexity index is 1150. The van der Waals surface area contributed by atoms with Crippen molar-refractivity contribution in [1.29, 1.82) is 0 Å². The first-order valence-electron chi connectivity index (χ1n) is 9.15. The molecular weight excluding hydrogens is 366 g/mol. The van der Waals surface area contributed by atoms with Crippen molar-refractivity contribution in [2.24, 2.45) is 0 Å². The van der Waals surface area contributed by atoms with E-state index in [1.54, 1.807) is 67.6 Å². The first-order chi connectivity index (χ1) is 14.0. The molecule has 0 atom stereocenters. The molecule has 0 N–H and O–H groups in total. The van der Waals surface area contributed by atoms with Gasteiger partial charge >= 0.3 is 5.97 Å². The molecule has 0 amide bonds. The minimum Gasteiger partial charge on any atom is -0.423 e. The van der Waals surface area contributed by atoms with E-state index in [4.69, 9.17) is 4.74 Å². The number of ether oxygens (including phenoxy) is 1. The van der Waals surface area contributed by atoms with Crippen molar-refractivity contribution in [3.63, 3.8) is 0 Å². The minimum atomic E-state index is -0.511. The van der Waals surface area contributed by atoms with Crippen LogP contribution in [0.5, 0.6) is 5.75 Å². The molecule has 4 rings (SSSR count). The lowest BCUT2D eigenvalue weighted by atomic mass is 9.83. The van der Waals surface area contributed by atoms with Gasteiger partial charge in [0.05, 0.1) is 5.56 Å². The fourth-order valence-corrected chi connectivity index (χ4v) is 3.25. The second kappa shape index (κ2) is 7.64. The van der Waals surface area contributed by atoms with Crippen LogP contribution in [0.3, 0.4) is 0 Å². The number of hydrogen-bond donors (Lipinski definition) is 0. The molecule has 0 bridgehead atoms. The summed E-state index contributed by atoms with van der Waals surface area (Å²) in [5, 5.41) is 0. The zero-order valence-corrected chi connectivity index (χ0v) is 15.7. The van der Waals surface area contributed by atoms with Crippen LogP contribution in [0.25, 0.3) is 0 Å². The molecule has 0 unspecified atom stereocenters. The number of pyridine rings is 1. The lowest BCUT2D eigenvalue weighted by Gasteiger charge is -2.18. The maximum atomic E-state index is 12.8. The molecule has 3 aromatic rings. The van der Waals surface area contributed by atoms with Crippen LogP contribution in [-0.4, -0.2) is 22.5 Å². The molecule has 0 saturated heterocycles. The summed E-state index contributed by atoms with van der Waals surface area (Å²) in [6.07, 6.45) is 1.64. The molecule has 0 fully saturated rings. The molecule has 142 valence electrons. The van der Waals surface area contributed by atoms with Crippen LogP contribution in [0.4, 0.5) is 0 Å². The number of carbonyl (C=O) groups excluding carboxylic acids is 3. The first kappa shape index (κ1) is 18.5. The number of hydrogen-bond acceptors (Lipinski definition) is 5. The molecule has 5 nitrogen and oxygen atoms in total. The van der Waals surface area contributed by atoms with E-state index in [1.807, 2.05) is 6.07 Å². The lowest BCUT2D eigenvalue weighted by molar-refractivity contribution is 0.0734. The van der Waals surface area contributed by atoms with Crippen LogP contribution in [-0.2, 0) is 6.42 Å². The van der Waals surface area contributed by atoms with Crippen LogP contribution in [0.15, 0.2) is 84.1 Å². The number of para-hydroxylation sites is 1. The van der Waals surface area contributed by atoms with Crippen molar-refractivity contribution in [3.8, 4) is 5.75 Å². The highest BCUT2D eigenvalue weighted by Gasteiger charge is 2.29. The van der Waals surface area contributed by atoms with E-state index >= 15 is 0 Å². The van der Waals surface area contributed by atoms with Crippen LogP contribution in [0.1, 0.15) is 43.7 Å². The number of rotatable bonds is 4. The molecule has 29 heavy (non-hydrogen) atoms. The van der Waals surface area contributed by atoms with Gasteiger partial charge < -0.3 is 4.74 Å². The molecule has 0 radical (unpaired) electrons. The fraction of sp³-hybridized carbons (Fsp3) is 0.0833. The smallest absolute Gasteiger partial charge is 0.345 e. The summed E-state index contributed by atoms with van der Waals surface area (Å²) in [6.45, 7) is 1.66. The zero-order valence-electron chi connectivity index (χ0n) is 15.7. The number of esters is 1. The van der Waals surface area contributed by atoms with E-state index in [0.717, 1.165) is 0 Å². The van der Waals surface area contributed by atoms with Gasteiger partial charge in [-0.3, -0.25) is 14.6 Å². The van der Waals surface area contributed by atoms with Gasteiger partial charge in [-0.05, 0) is 31.2 Å². The monoisotopic (exact) mass is 383 g/mol. The molecule has 0 spiro atoms. The van der Waals surface area contributed by atoms with E-state index in [-0.39, 0.29) is 18.0 Å². The first-order valence-corrected chi connectivity index (χ1v) is 9.15. The summed E-state index contributed by atoms with van der Waals surface area (Å²) in [5.74, 6) is -0.360. The maximum Gasteiger partial charge on any atom is 0.345 e. The van der Waals surface area contributed by atoms with E-state index < -0.39 is 5.97 Å². The molecule has 5 heteroatoms. The van der Waals surface area contributed by atoms with Crippen molar-refractivity contribution in [1.82, 2.24) is 4.98 Å². The van der Waals surface area contributed by atoms with Gasteiger partial charge in [0.15, 0.2) is 11.6 Å². The predicted octanol–water partition coefficient (Wildman–Crippen LogP) is 4.24. The Balaban J connectivity index is 1.53. The van der Waals surface area contributed by atoms with E-state index in [0.29, 0.717) is 39.3 Å². The summed E-state index contributed by atoms with van der Waals surface area (Å²) in [6, 6.07) is 18.9. The van der Waals surface area contributed by atoms with Crippen molar-refractivity contribution in [3.05, 3.63) is 106 Å². The van der Waals surface area contributed by atoms with Gasteiger partial charge in [-0.1, -0.05) is 42.5 Å². The Hall–Kier alpha value is -3.86. The quantitative estimate of drug-likeness (QED) is 0.498. The Morgan fingerprint density at radius 3 is 2.17 bits per heavy atom. The number of allylic oxidation sites excluding steroid dienone is 2. The minimum absolute atomic E-state index is 0.141. The number of Topliss-reactive ketones (excluding diaryl/α,β-unsaturated/α-hetero) is 2. The molecule has 0 aliphatic heterocycles. The van der Waals surface area contributed by atoms with Gasteiger partial charge in [0, 0.05) is 40.6 Å². The number of ketones is 2. The summed E-state index contributed by atoms with van der Waals surface area (Å²) >= 11 is 0. The number of benzene rings is 2. The van der Waals surface area contributed by atoms with Crippen molar-refractivity contribution in [2.45, 2.75) is 13.3 Å². The number of aromatic nitrogens is 1. The predicted molar refractivity (Wildman–Crippen MR) is 107 cm³/mol. The highest BCUT2D eigenvalue weighted by molar-refractivity contribution is 6.26. The van der Waals surface area contributed by atoms with Crippen LogP contribution < -0.4 is 4.74 Å². The Kier molecular flexibility index (Phi) is 4.87. The second-order valence-electron chi connectivity index (χ2n) is 6.72. The third-order valence-corrected chi connectivity index (χ3v) is 4.86. The highest BCUT2D eigenvalue weighted by atomic mass is 16.5. The Morgan fingerprint density at radius 2 is 1.52 bits per heavy atom. The molecule has 1 heterocycles. The normalized spacial score (nSPS) is 13.3. The summed E-state index contributed by atoms with van der Waals surface area (Å²) in [5.41, 5.74) is 2.62. The van der Waals surface area contributed by atoms with Crippen molar-refractivity contribution >= 4 is 17.5 Å². The molecular formula is C24H17NO4. The molecule has 2 aromatic carbocycles. The third kappa shape index (κ3) is 3.62. The van der Waals surface area contributed by atoms with E-state index in [9.17, 15) is 14.4 Å². The van der Waals surface area contributed by atoms with Crippen LogP contribution in [0, 0.1) is 0 Å². The molecule has 0 saturated carbocycles. The van der Waals surface area contributed by atoms with Crippen LogP contribution in [0.2, 0.25) is 0 Å². The van der Waals surface area contributed by atoms with Gasteiger partial charge in [0.1, 0.15) is 5.75 Å². The second-order valence-corrected chi connectivity index (χ2v) is 6.72. The lowest BCUT2D eigenvalue weighted by Crippen LogP contribution is -2.22. The SMILES string of the molecule is CC1=C(Cc2ccc(C(=O)Oc3ccccc3)cn2)C(=O)c2ccccc2C1=O. The molecule has 1 aliphatic rings. The van der Waals surface area contributed by atoms with Gasteiger partial charge in [-0.15, -0.1) is 0 Å². The van der Waals surface area contributed by atoms with Crippen LogP contribution >= 0.6 is 0 Å². The van der Waals surface area contributed by atoms with Gasteiger partial charge in [0.25, 0.3) is 0 Å². The van der Waals surface area contributed by atoms with Crippen molar-refractivity contribution < 1.29 is 19.1 Å². The maximum absolute atomic E-state index is 12.8. The third-order valence-electron chi connectivity index (χ3n) is 4.86. The number of carbonyl (C=O) groups is 3. The fourth-order valence-electron chi connectivity index (χ4n) is 3.25. The largest absolute Gasteiger partial charge is 0.423 e. The summed E-state index contributed by atoms with van der Waals surface area (Å²) in [7, 11) is 0. The summed E-state index contributed by atoms with van der Waals surface area (Å²) < 4.78 is 5.29. The average molecular weight is 383 g/mol. The van der Waals surface area contributed by atoms with Gasteiger partial charge in [-0.2, -0.15) is 0 Å². The Labute approximate surface area is 167 Å². The average Bonchev–Trinajstić information content (AvgIpc) is 2.76. The zero-order chi connectivity index (χ0) is 20.4.